The molecule has 2 rings (SSSR count). The highest BCUT2D eigenvalue weighted by Gasteiger charge is 2.10. The van der Waals surface area contributed by atoms with Gasteiger partial charge in [-0.25, -0.2) is 0 Å². The van der Waals surface area contributed by atoms with Gasteiger partial charge in [-0.05, 0) is 61.4 Å². The molecule has 0 radical (unpaired) electrons. The maximum atomic E-state index is 6.11. The summed E-state index contributed by atoms with van der Waals surface area (Å²) in [5.41, 5.74) is 1.24. The van der Waals surface area contributed by atoms with E-state index >= 15 is 0 Å². The van der Waals surface area contributed by atoms with Crippen molar-refractivity contribution in [3.05, 3.63) is 56.2 Å². The van der Waals surface area contributed by atoms with Crippen molar-refractivity contribution in [2.45, 2.75) is 38.6 Å². The number of hydrogen-bond donors (Lipinski definition) is 1. The number of halogens is 2. The predicted octanol–water partition coefficient (Wildman–Crippen LogP) is 5.60. The summed E-state index contributed by atoms with van der Waals surface area (Å²) in [6.07, 6.45) is 4.40. The van der Waals surface area contributed by atoms with Crippen LogP contribution in [-0.2, 0) is 12.8 Å². The third kappa shape index (κ3) is 5.63. The van der Waals surface area contributed by atoms with Gasteiger partial charge in [0.25, 0.3) is 0 Å². The van der Waals surface area contributed by atoms with Gasteiger partial charge in [0.1, 0.15) is 0 Å². The molecular formula is C17H21Cl2NS. The van der Waals surface area contributed by atoms with Gasteiger partial charge < -0.3 is 5.32 Å². The topological polar surface area (TPSA) is 12.0 Å². The van der Waals surface area contributed by atoms with Crippen molar-refractivity contribution in [3.8, 4) is 0 Å². The van der Waals surface area contributed by atoms with E-state index in [0.29, 0.717) is 16.1 Å². The molecule has 0 spiro atoms. The van der Waals surface area contributed by atoms with Gasteiger partial charge in [0, 0.05) is 10.9 Å². The Bertz CT molecular complexity index is 540. The lowest BCUT2D eigenvalue weighted by atomic mass is 10.0. The highest BCUT2D eigenvalue weighted by atomic mass is 35.5. The second kappa shape index (κ2) is 8.79. The smallest absolute Gasteiger partial charge is 0.0595 e. The highest BCUT2D eigenvalue weighted by molar-refractivity contribution is 7.09. The van der Waals surface area contributed by atoms with Crippen molar-refractivity contribution in [1.29, 1.82) is 0 Å². The lowest BCUT2D eigenvalue weighted by Gasteiger charge is -2.18. The minimum atomic E-state index is 0.476. The van der Waals surface area contributed by atoms with E-state index in [2.05, 4.69) is 35.8 Å². The van der Waals surface area contributed by atoms with Crippen LogP contribution in [-0.4, -0.2) is 12.6 Å². The molecule has 21 heavy (non-hydrogen) atoms. The Morgan fingerprint density at radius 3 is 2.71 bits per heavy atom. The number of thiophene rings is 1. The van der Waals surface area contributed by atoms with Crippen LogP contribution in [0.1, 0.15) is 30.2 Å². The largest absolute Gasteiger partial charge is 0.314 e. The third-order valence-corrected chi connectivity index (χ3v) is 5.14. The van der Waals surface area contributed by atoms with Crippen LogP contribution in [0.4, 0.5) is 0 Å². The van der Waals surface area contributed by atoms with Crippen LogP contribution in [0.5, 0.6) is 0 Å². The van der Waals surface area contributed by atoms with Crippen LogP contribution < -0.4 is 5.32 Å². The molecule has 1 heterocycles. The maximum Gasteiger partial charge on any atom is 0.0595 e. The average Bonchev–Trinajstić information content (AvgIpc) is 2.99. The van der Waals surface area contributed by atoms with E-state index in [4.69, 9.17) is 23.2 Å². The number of hydrogen-bond acceptors (Lipinski definition) is 2. The molecule has 0 bridgehead atoms. The second-order valence-corrected chi connectivity index (χ2v) is 7.07. The van der Waals surface area contributed by atoms with E-state index < -0.39 is 0 Å². The Kier molecular flexibility index (Phi) is 7.05. The first-order valence-corrected chi connectivity index (χ1v) is 9.02. The number of rotatable bonds is 8. The highest BCUT2D eigenvalue weighted by Crippen LogP contribution is 2.23. The Morgan fingerprint density at radius 2 is 2.05 bits per heavy atom. The summed E-state index contributed by atoms with van der Waals surface area (Å²) in [7, 11) is 0. The molecule has 1 aromatic carbocycles. The predicted molar refractivity (Wildman–Crippen MR) is 94.9 cm³/mol. The van der Waals surface area contributed by atoms with Crippen LogP contribution in [0.25, 0.3) is 0 Å². The number of benzene rings is 1. The molecule has 0 saturated carbocycles. The van der Waals surface area contributed by atoms with Gasteiger partial charge in [-0.15, -0.1) is 11.3 Å². The first kappa shape index (κ1) is 16.8. The zero-order valence-corrected chi connectivity index (χ0v) is 14.6. The first-order chi connectivity index (χ1) is 10.2. The second-order valence-electron chi connectivity index (χ2n) is 5.22. The van der Waals surface area contributed by atoms with Crippen LogP contribution in [0.3, 0.4) is 0 Å². The van der Waals surface area contributed by atoms with Crippen molar-refractivity contribution in [2.24, 2.45) is 0 Å². The van der Waals surface area contributed by atoms with E-state index in [9.17, 15) is 0 Å². The molecule has 0 amide bonds. The Hall–Kier alpha value is -0.540. The van der Waals surface area contributed by atoms with Crippen LogP contribution in [0.2, 0.25) is 10.0 Å². The van der Waals surface area contributed by atoms with Gasteiger partial charge in [-0.2, -0.15) is 0 Å². The number of nitrogens with one attached hydrogen (secondary N) is 1. The molecule has 4 heteroatoms. The molecule has 1 N–H and O–H groups in total. The van der Waals surface area contributed by atoms with Gasteiger partial charge in [0.05, 0.1) is 10.0 Å². The minimum Gasteiger partial charge on any atom is -0.314 e. The van der Waals surface area contributed by atoms with Gasteiger partial charge in [-0.3, -0.25) is 0 Å². The molecule has 1 aromatic heterocycles. The van der Waals surface area contributed by atoms with Gasteiger partial charge in [0.2, 0.25) is 0 Å². The lowest BCUT2D eigenvalue weighted by molar-refractivity contribution is 0.479. The quantitative estimate of drug-likeness (QED) is 0.658. The Labute approximate surface area is 141 Å². The van der Waals surface area contributed by atoms with Crippen molar-refractivity contribution in [1.82, 2.24) is 5.32 Å². The summed E-state index contributed by atoms with van der Waals surface area (Å²) < 4.78 is 0. The van der Waals surface area contributed by atoms with Gasteiger partial charge in [0.15, 0.2) is 0 Å². The van der Waals surface area contributed by atoms with E-state index in [1.54, 1.807) is 0 Å². The van der Waals surface area contributed by atoms with Crippen LogP contribution in [0.15, 0.2) is 35.7 Å². The van der Waals surface area contributed by atoms with Gasteiger partial charge >= 0.3 is 0 Å². The summed E-state index contributed by atoms with van der Waals surface area (Å²) in [6.45, 7) is 3.25. The number of aryl methyl sites for hydroxylation is 1. The normalized spacial score (nSPS) is 12.5. The average molecular weight is 342 g/mol. The van der Waals surface area contributed by atoms with E-state index in [-0.39, 0.29) is 0 Å². The summed E-state index contributed by atoms with van der Waals surface area (Å²) >= 11 is 13.9. The summed E-state index contributed by atoms with van der Waals surface area (Å²) in [4.78, 5) is 1.45. The molecule has 114 valence electrons. The van der Waals surface area contributed by atoms with Gasteiger partial charge in [-0.1, -0.05) is 42.3 Å². The molecule has 0 aliphatic rings. The van der Waals surface area contributed by atoms with Crippen molar-refractivity contribution in [2.75, 3.05) is 6.54 Å². The third-order valence-electron chi connectivity index (χ3n) is 3.47. The standard InChI is InChI=1S/C17H21Cl2NS/c1-2-9-20-14(6-7-15-4-3-10-21-15)11-13-5-8-16(18)17(19)12-13/h3-5,8,10,12,14,20H,2,6-7,9,11H2,1H3. The lowest BCUT2D eigenvalue weighted by Crippen LogP contribution is -2.32. The molecule has 0 saturated heterocycles. The fraction of sp³-hybridized carbons (Fsp3) is 0.412. The summed E-state index contributed by atoms with van der Waals surface area (Å²) in [5.74, 6) is 0. The summed E-state index contributed by atoms with van der Waals surface area (Å²) in [6, 6.07) is 10.7. The molecule has 0 aliphatic heterocycles. The monoisotopic (exact) mass is 341 g/mol. The van der Waals surface area contributed by atoms with Crippen molar-refractivity contribution in [3.63, 3.8) is 0 Å². The molecule has 0 fully saturated rings. The molecule has 1 atom stereocenters. The Balaban J connectivity index is 1.95. The van der Waals surface area contributed by atoms with Crippen LogP contribution >= 0.6 is 34.5 Å². The molecular weight excluding hydrogens is 321 g/mol. The zero-order valence-electron chi connectivity index (χ0n) is 12.2. The molecule has 1 nitrogen and oxygen atoms in total. The fourth-order valence-electron chi connectivity index (χ4n) is 2.35. The van der Waals surface area contributed by atoms with Crippen LogP contribution in [0, 0.1) is 0 Å². The van der Waals surface area contributed by atoms with Crippen molar-refractivity contribution >= 4 is 34.5 Å². The summed E-state index contributed by atoms with van der Waals surface area (Å²) in [5, 5.41) is 7.05. The Morgan fingerprint density at radius 1 is 1.19 bits per heavy atom. The zero-order chi connectivity index (χ0) is 15.1. The van der Waals surface area contributed by atoms with E-state index in [1.807, 2.05) is 23.5 Å². The van der Waals surface area contributed by atoms with E-state index in [0.717, 1.165) is 32.2 Å². The fourth-order valence-corrected chi connectivity index (χ4v) is 3.39. The van der Waals surface area contributed by atoms with E-state index in [1.165, 1.54) is 10.4 Å². The molecule has 1 unspecified atom stereocenters. The molecule has 2 aromatic rings. The maximum absolute atomic E-state index is 6.11. The van der Waals surface area contributed by atoms with Crippen molar-refractivity contribution < 1.29 is 0 Å². The molecule has 0 aliphatic carbocycles. The first-order valence-electron chi connectivity index (χ1n) is 7.38. The minimum absolute atomic E-state index is 0.476. The SMILES string of the molecule is CCCNC(CCc1cccs1)Cc1ccc(Cl)c(Cl)c1.